The van der Waals surface area contributed by atoms with Gasteiger partial charge in [-0.15, -0.1) is 0 Å². The van der Waals surface area contributed by atoms with E-state index in [1.54, 1.807) is 18.2 Å². The van der Waals surface area contributed by atoms with E-state index < -0.39 is 41.6 Å². The summed E-state index contributed by atoms with van der Waals surface area (Å²) in [7, 11) is 0. The molecule has 0 aromatic carbocycles. The van der Waals surface area contributed by atoms with Gasteiger partial charge in [-0.2, -0.15) is 35.3 Å². The predicted molar refractivity (Wildman–Crippen MR) is 312 cm³/mol. The first-order valence-corrected chi connectivity index (χ1v) is 31.7. The molecule has 21 nitrogen and oxygen atoms in total. The van der Waals surface area contributed by atoms with Gasteiger partial charge in [0, 0.05) is 54.2 Å². The Morgan fingerprint density at radius 2 is 0.716 bits per heavy atom. The lowest BCUT2D eigenvalue weighted by Crippen LogP contribution is -2.45. The van der Waals surface area contributed by atoms with Gasteiger partial charge < -0.3 is 44.4 Å². The minimum atomic E-state index is -1.05. The Balaban J connectivity index is 1.42. The van der Waals surface area contributed by atoms with E-state index in [2.05, 4.69) is 93.2 Å². The Morgan fingerprint density at radius 1 is 0.444 bits per heavy atom. The molecule has 3 amide bonds. The fourth-order valence-corrected chi connectivity index (χ4v) is 14.5. The molecule has 0 aromatic rings. The number of rotatable bonds is 34. The van der Waals surface area contributed by atoms with E-state index in [-0.39, 0.29) is 110 Å². The number of carbonyl (C=O) groups excluding carboxylic acids is 9. The largest absolute Gasteiger partial charge is 0.465 e. The normalized spacial score (nSPS) is 25.0. The molecule has 3 rings (SSSR count). The van der Waals surface area contributed by atoms with Gasteiger partial charge in [0.25, 0.3) is 0 Å². The van der Waals surface area contributed by atoms with Crippen LogP contribution in [0.25, 0.3) is 0 Å². The zero-order valence-corrected chi connectivity index (χ0v) is 52.2. The lowest BCUT2D eigenvalue weighted by atomic mass is 9.62. The second-order valence-electron chi connectivity index (χ2n) is 25.7. The fourth-order valence-electron chi connectivity index (χ4n) is 12.3. The summed E-state index contributed by atoms with van der Waals surface area (Å²) in [6, 6.07) is -0.442. The molecule has 0 spiro atoms. The Labute approximate surface area is 492 Å². The highest BCUT2D eigenvalue weighted by Crippen LogP contribution is 2.49. The zero-order valence-electron chi connectivity index (χ0n) is 49.7. The van der Waals surface area contributed by atoms with Crippen LogP contribution in [0.4, 0.5) is 14.4 Å². The monoisotopic (exact) mass is 1200 g/mol. The Hall–Kier alpha value is -4.59. The molecule has 0 aliphatic heterocycles. The maximum atomic E-state index is 13.0. The second kappa shape index (κ2) is 34.3. The minimum Gasteiger partial charge on any atom is -0.465 e. The van der Waals surface area contributed by atoms with Crippen molar-refractivity contribution in [1.29, 1.82) is 0 Å². The SMILES string of the molecule is CCC(COC(=O)CCSCCOC(=O)NCC1(C)CC(N=C=O)CC(C)(C)C1)(COC(=O)CCSCCOC(=O)NCC1(C)CC(N=C=O)CC(C)(C)C1)COC(=O)CCSCCOC(=O)NCC1(C)CC(N=C=O)CC(C)(C)C1. The molecule has 3 saturated carbocycles. The molecule has 24 heteroatoms. The Bertz CT molecular complexity index is 1980. The van der Waals surface area contributed by atoms with Gasteiger partial charge in [-0.05, 0) is 96.7 Å². The van der Waals surface area contributed by atoms with E-state index in [1.807, 2.05) is 6.92 Å². The summed E-state index contributed by atoms with van der Waals surface area (Å²) < 4.78 is 33.2. The van der Waals surface area contributed by atoms with Crippen LogP contribution in [0.2, 0.25) is 0 Å². The zero-order chi connectivity index (χ0) is 60.2. The first-order chi connectivity index (χ1) is 38.1. The molecule has 458 valence electrons. The number of ether oxygens (including phenoxy) is 6. The highest BCUT2D eigenvalue weighted by molar-refractivity contribution is 7.99. The number of isocyanates is 3. The van der Waals surface area contributed by atoms with Crippen molar-refractivity contribution in [3.8, 4) is 0 Å². The van der Waals surface area contributed by atoms with Gasteiger partial charge in [-0.25, -0.2) is 43.7 Å². The van der Waals surface area contributed by atoms with E-state index >= 15 is 0 Å². The molecule has 6 atom stereocenters. The third kappa shape index (κ3) is 29.0. The van der Waals surface area contributed by atoms with Gasteiger partial charge in [0.1, 0.15) is 39.6 Å². The summed E-state index contributed by atoms with van der Waals surface area (Å²) in [4.78, 5) is 121. The maximum Gasteiger partial charge on any atom is 0.407 e. The number of nitrogens with zero attached hydrogens (tertiary/aromatic N) is 3. The van der Waals surface area contributed by atoms with Crippen LogP contribution < -0.4 is 16.0 Å². The quantitative estimate of drug-likeness (QED) is 0.0178. The van der Waals surface area contributed by atoms with Crippen LogP contribution >= 0.6 is 35.3 Å². The van der Waals surface area contributed by atoms with E-state index in [4.69, 9.17) is 28.4 Å². The van der Waals surface area contributed by atoms with Crippen LogP contribution in [0.3, 0.4) is 0 Å². The third-order valence-corrected chi connectivity index (χ3v) is 17.9. The third-order valence-electron chi connectivity index (χ3n) is 15.1. The van der Waals surface area contributed by atoms with Crippen LogP contribution in [0.1, 0.15) is 153 Å². The van der Waals surface area contributed by atoms with Gasteiger partial charge in [0.15, 0.2) is 0 Å². The summed E-state index contributed by atoms with van der Waals surface area (Å²) >= 11 is 4.22. The van der Waals surface area contributed by atoms with Crippen molar-refractivity contribution in [3.63, 3.8) is 0 Å². The van der Waals surface area contributed by atoms with Crippen molar-refractivity contribution in [2.45, 2.75) is 171 Å². The van der Waals surface area contributed by atoms with Crippen molar-refractivity contribution in [2.24, 2.45) is 52.9 Å². The summed E-state index contributed by atoms with van der Waals surface area (Å²) in [5.41, 5.74) is -1.99. The molecular weight excluding hydrogens is 1100 g/mol. The number of aliphatic imine (C=N–C) groups is 3. The van der Waals surface area contributed by atoms with Crippen LogP contribution in [0.15, 0.2) is 15.0 Å². The highest BCUT2D eigenvalue weighted by Gasteiger charge is 2.44. The van der Waals surface area contributed by atoms with Gasteiger partial charge in [0.2, 0.25) is 18.2 Å². The molecule has 3 fully saturated rings. The van der Waals surface area contributed by atoms with Crippen LogP contribution in [-0.4, -0.2) is 166 Å². The summed E-state index contributed by atoms with van der Waals surface area (Å²) in [5, 5.41) is 8.55. The number of alkyl carbamates (subject to hydrolysis) is 3. The number of hydrogen-bond donors (Lipinski definition) is 3. The number of thioether (sulfide) groups is 3. The average molecular weight is 1200 g/mol. The van der Waals surface area contributed by atoms with Crippen molar-refractivity contribution < 1.29 is 71.6 Å². The minimum absolute atomic E-state index is 0.0479. The maximum absolute atomic E-state index is 13.0. The van der Waals surface area contributed by atoms with Gasteiger partial charge in [-0.3, -0.25) is 14.4 Å². The molecular formula is C57H92N6O15S3. The number of esters is 3. The highest BCUT2D eigenvalue weighted by atomic mass is 32.2. The molecule has 3 aliphatic rings. The molecule has 0 bridgehead atoms. The number of nitrogens with one attached hydrogen (secondary N) is 3. The number of amides is 3. The predicted octanol–water partition coefficient (Wildman–Crippen LogP) is 9.32. The standard InChI is InChI=1S/C57H92N6O15S3/c1-11-57(36-76-45(67)12-18-79-21-15-73-48(70)58-33-54(8)27-42(61-39-64)24-51(2,3)30-54,37-77-46(68)13-19-80-22-16-74-49(71)59-34-55(9)28-43(62-40-65)25-52(4,5)31-55)38-78-47(69)14-20-81-23-17-75-50(72)60-35-56(10)29-44(63-41-66)26-53(6,7)32-56/h42-44H,11-38H2,1-10H3,(H,58,70)(H,59,71)(H,60,72). The molecule has 3 aliphatic carbocycles. The van der Waals surface area contributed by atoms with Gasteiger partial charge in [-0.1, -0.05) is 69.2 Å². The number of hydrogen-bond acceptors (Lipinski definition) is 21. The first-order valence-electron chi connectivity index (χ1n) is 28.2. The molecule has 0 aromatic heterocycles. The molecule has 6 unspecified atom stereocenters. The van der Waals surface area contributed by atoms with Crippen LogP contribution in [0.5, 0.6) is 0 Å². The summed E-state index contributed by atoms with van der Waals surface area (Å²) in [6.45, 7) is 21.7. The van der Waals surface area contributed by atoms with Crippen LogP contribution in [0, 0.1) is 37.9 Å². The summed E-state index contributed by atoms with van der Waals surface area (Å²) in [5.74, 6) is 0.944. The van der Waals surface area contributed by atoms with E-state index in [9.17, 15) is 43.2 Å². The van der Waals surface area contributed by atoms with E-state index in [1.165, 1.54) is 35.3 Å². The molecule has 3 N–H and O–H groups in total. The first kappa shape index (κ1) is 70.7. The molecule has 0 saturated heterocycles. The Kier molecular flexibility index (Phi) is 29.9. The second-order valence-corrected chi connectivity index (χ2v) is 29.4. The van der Waals surface area contributed by atoms with Gasteiger partial charge in [0.05, 0.1) is 42.8 Å². The van der Waals surface area contributed by atoms with Crippen molar-refractivity contribution in [3.05, 3.63) is 0 Å². The van der Waals surface area contributed by atoms with E-state index in [0.717, 1.165) is 38.5 Å². The average Bonchev–Trinajstić information content (AvgIpc) is 3.51. The van der Waals surface area contributed by atoms with Crippen molar-refractivity contribution in [2.75, 3.05) is 93.8 Å². The number of carbonyl (C=O) groups is 6. The Morgan fingerprint density at radius 3 is 0.963 bits per heavy atom. The molecule has 81 heavy (non-hydrogen) atoms. The topological polar surface area (TPSA) is 282 Å². The van der Waals surface area contributed by atoms with E-state index in [0.29, 0.717) is 79.8 Å². The smallest absolute Gasteiger partial charge is 0.407 e. The van der Waals surface area contributed by atoms with Gasteiger partial charge >= 0.3 is 36.2 Å². The lowest BCUT2D eigenvalue weighted by molar-refractivity contribution is -0.161. The molecule has 0 radical (unpaired) electrons. The lowest BCUT2D eigenvalue weighted by Gasteiger charge is -2.45. The van der Waals surface area contributed by atoms with Crippen molar-refractivity contribution in [1.82, 2.24) is 16.0 Å². The van der Waals surface area contributed by atoms with Crippen LogP contribution in [-0.2, 0) is 57.2 Å². The molecule has 0 heterocycles. The van der Waals surface area contributed by atoms with Crippen molar-refractivity contribution >= 4 is 89.7 Å². The fraction of sp³-hybridized carbons (Fsp3) is 0.842. The summed E-state index contributed by atoms with van der Waals surface area (Å²) in [6.07, 6.45) is 10.7.